The average molecular weight is 810 g/mol. The van der Waals surface area contributed by atoms with Crippen LogP contribution in [0.15, 0.2) is 127 Å². The van der Waals surface area contributed by atoms with Crippen molar-refractivity contribution >= 4 is 23.2 Å². The Hall–Kier alpha value is -5.36. The van der Waals surface area contributed by atoms with Crippen LogP contribution in [0.5, 0.6) is 0 Å². The minimum atomic E-state index is -0.514. The van der Waals surface area contributed by atoms with Crippen LogP contribution in [0.25, 0.3) is 11.1 Å². The van der Waals surface area contributed by atoms with Crippen LogP contribution in [0.1, 0.15) is 85.2 Å². The number of nitrogens with one attached hydrogen (secondary N) is 2. The number of piperazine rings is 1. The van der Waals surface area contributed by atoms with Crippen LogP contribution in [0, 0.1) is 0 Å². The molecule has 0 spiro atoms. The third-order valence-electron chi connectivity index (χ3n) is 11.5. The maximum atomic E-state index is 12.7. The molecule has 0 aromatic heterocycles. The van der Waals surface area contributed by atoms with Crippen molar-refractivity contribution in [1.29, 1.82) is 0 Å². The number of nitrogens with two attached hydrogens (primary N) is 1. The standard InChI is InChI=1S/C50H59N5O5/c51-45-15-8-9-16-46(45)53-49(58)18-7-2-1-6-17-48(57)52-33-39-13-10-14-43(31-39)40-23-25-42(26-24-40)50-59-44(32-47(60-50)41-21-19-38(36-56)20-22-41)35-55-29-27-54(28-30-55)34-37-11-4-3-5-12-37/h3-5,8-16,19-26,31,44,47,50,56H,1-2,6-7,17-18,27-30,32-36,51H2,(H,52,57)(H,53,58)/t44-,47+,50+/m0/s1. The number of aliphatic hydroxyl groups is 1. The molecule has 10 heteroatoms. The zero-order chi connectivity index (χ0) is 41.5. The van der Waals surface area contributed by atoms with Crippen molar-refractivity contribution in [3.05, 3.63) is 155 Å². The van der Waals surface area contributed by atoms with Crippen molar-refractivity contribution in [3.8, 4) is 11.1 Å². The molecule has 7 rings (SSSR count). The molecule has 2 heterocycles. The molecule has 2 fully saturated rings. The van der Waals surface area contributed by atoms with E-state index in [1.165, 1.54) is 5.56 Å². The number of nitrogen functional groups attached to an aromatic ring is 1. The van der Waals surface area contributed by atoms with Crippen LogP contribution < -0.4 is 16.4 Å². The Morgan fingerprint density at radius 3 is 2.05 bits per heavy atom. The molecule has 10 nitrogen and oxygen atoms in total. The van der Waals surface area contributed by atoms with Gasteiger partial charge in [-0.3, -0.25) is 19.4 Å². The quantitative estimate of drug-likeness (QED) is 0.0514. The fourth-order valence-electron chi connectivity index (χ4n) is 8.02. The molecule has 2 amide bonds. The van der Waals surface area contributed by atoms with Gasteiger partial charge in [-0.1, -0.05) is 122 Å². The second-order valence-electron chi connectivity index (χ2n) is 16.1. The number of para-hydroxylation sites is 2. The van der Waals surface area contributed by atoms with Gasteiger partial charge in [0, 0.05) is 70.6 Å². The predicted molar refractivity (Wildman–Crippen MR) is 237 cm³/mol. The zero-order valence-corrected chi connectivity index (χ0v) is 34.5. The Labute approximate surface area is 354 Å². The van der Waals surface area contributed by atoms with Crippen molar-refractivity contribution < 1.29 is 24.2 Å². The van der Waals surface area contributed by atoms with E-state index < -0.39 is 6.29 Å². The fourth-order valence-corrected chi connectivity index (χ4v) is 8.02. The highest BCUT2D eigenvalue weighted by molar-refractivity contribution is 5.93. The molecule has 314 valence electrons. The van der Waals surface area contributed by atoms with E-state index in [1.54, 1.807) is 12.1 Å². The van der Waals surface area contributed by atoms with Gasteiger partial charge in [0.15, 0.2) is 6.29 Å². The number of unbranched alkanes of at least 4 members (excludes halogenated alkanes) is 3. The van der Waals surface area contributed by atoms with Gasteiger partial charge < -0.3 is 30.9 Å². The molecule has 2 aliphatic rings. The van der Waals surface area contributed by atoms with E-state index in [4.69, 9.17) is 15.2 Å². The summed E-state index contributed by atoms with van der Waals surface area (Å²) in [6.07, 6.45) is 4.32. The minimum Gasteiger partial charge on any atom is -0.397 e. The molecule has 2 saturated heterocycles. The molecule has 0 bridgehead atoms. The molecule has 0 aliphatic carbocycles. The highest BCUT2D eigenvalue weighted by atomic mass is 16.7. The van der Waals surface area contributed by atoms with Crippen molar-refractivity contribution in [2.45, 2.75) is 83.1 Å². The highest BCUT2D eigenvalue weighted by Gasteiger charge is 2.34. The Bertz CT molecular complexity index is 2100. The van der Waals surface area contributed by atoms with Crippen LogP contribution in [0.3, 0.4) is 0 Å². The monoisotopic (exact) mass is 809 g/mol. The van der Waals surface area contributed by atoms with E-state index in [9.17, 15) is 14.7 Å². The molecule has 0 radical (unpaired) electrons. The van der Waals surface area contributed by atoms with Crippen LogP contribution in [-0.2, 0) is 38.8 Å². The lowest BCUT2D eigenvalue weighted by atomic mass is 9.98. The Morgan fingerprint density at radius 1 is 0.650 bits per heavy atom. The number of amides is 2. The smallest absolute Gasteiger partial charge is 0.224 e. The van der Waals surface area contributed by atoms with Crippen LogP contribution >= 0.6 is 0 Å². The van der Waals surface area contributed by atoms with Gasteiger partial charge in [-0.2, -0.15) is 0 Å². The zero-order valence-electron chi connectivity index (χ0n) is 34.5. The number of nitrogens with zero attached hydrogens (tertiary/aromatic N) is 2. The molecule has 5 aromatic rings. The first-order chi connectivity index (χ1) is 29.4. The third kappa shape index (κ3) is 12.6. The number of carbonyl (C=O) groups is 2. The summed E-state index contributed by atoms with van der Waals surface area (Å²) in [4.78, 5) is 30.0. The summed E-state index contributed by atoms with van der Waals surface area (Å²) in [5, 5.41) is 15.6. The summed E-state index contributed by atoms with van der Waals surface area (Å²) in [6, 6.07) is 42.7. The first-order valence-electron chi connectivity index (χ1n) is 21.5. The summed E-state index contributed by atoms with van der Waals surface area (Å²) in [5.74, 6) is -0.0169. The van der Waals surface area contributed by atoms with Crippen molar-refractivity contribution in [1.82, 2.24) is 15.1 Å². The topological polar surface area (TPSA) is 129 Å². The number of hydrogen-bond acceptors (Lipinski definition) is 8. The van der Waals surface area contributed by atoms with E-state index in [1.807, 2.05) is 36.4 Å². The van der Waals surface area contributed by atoms with Crippen molar-refractivity contribution in [2.75, 3.05) is 43.8 Å². The van der Waals surface area contributed by atoms with Gasteiger partial charge in [0.1, 0.15) is 0 Å². The maximum Gasteiger partial charge on any atom is 0.224 e. The van der Waals surface area contributed by atoms with E-state index in [0.717, 1.165) is 105 Å². The lowest BCUT2D eigenvalue weighted by Crippen LogP contribution is -2.49. The minimum absolute atomic E-state index is 0.00224. The van der Waals surface area contributed by atoms with Crippen molar-refractivity contribution in [3.63, 3.8) is 0 Å². The van der Waals surface area contributed by atoms with Gasteiger partial charge >= 0.3 is 0 Å². The van der Waals surface area contributed by atoms with Gasteiger partial charge in [0.05, 0.1) is 30.2 Å². The van der Waals surface area contributed by atoms with Crippen molar-refractivity contribution in [2.24, 2.45) is 0 Å². The second-order valence-corrected chi connectivity index (χ2v) is 16.1. The van der Waals surface area contributed by atoms with E-state index >= 15 is 0 Å². The average Bonchev–Trinajstić information content (AvgIpc) is 3.29. The van der Waals surface area contributed by atoms with Gasteiger partial charge in [-0.05, 0) is 64.4 Å². The Morgan fingerprint density at radius 2 is 1.32 bits per heavy atom. The summed E-state index contributed by atoms with van der Waals surface area (Å²) in [7, 11) is 0. The molecular formula is C50H59N5O5. The molecular weight excluding hydrogens is 751 g/mol. The predicted octanol–water partition coefficient (Wildman–Crippen LogP) is 8.39. The normalized spacial score (nSPS) is 18.5. The first kappa shape index (κ1) is 42.8. The summed E-state index contributed by atoms with van der Waals surface area (Å²) in [6.45, 7) is 6.35. The molecule has 0 saturated carbocycles. The number of anilines is 2. The van der Waals surface area contributed by atoms with Crippen LogP contribution in [-0.4, -0.2) is 65.5 Å². The van der Waals surface area contributed by atoms with Crippen LogP contribution in [0.4, 0.5) is 11.4 Å². The Kier molecular flexibility index (Phi) is 15.5. The number of ether oxygens (including phenoxy) is 2. The van der Waals surface area contributed by atoms with Gasteiger partial charge in [-0.15, -0.1) is 0 Å². The molecule has 5 N–H and O–H groups in total. The molecule has 3 atom stereocenters. The summed E-state index contributed by atoms with van der Waals surface area (Å²) >= 11 is 0. The number of benzene rings is 5. The molecule has 0 unspecified atom stereocenters. The third-order valence-corrected chi connectivity index (χ3v) is 11.5. The number of rotatable bonds is 18. The lowest BCUT2D eigenvalue weighted by Gasteiger charge is -2.40. The van der Waals surface area contributed by atoms with E-state index in [-0.39, 0.29) is 30.6 Å². The SMILES string of the molecule is Nc1ccccc1NC(=O)CCCCCCC(=O)NCc1cccc(-c2ccc([C@@H]3O[C@H](CN4CCN(Cc5ccccc5)CC4)C[C@H](c4ccc(CO)cc4)O3)cc2)c1. The van der Waals surface area contributed by atoms with Gasteiger partial charge in [-0.25, -0.2) is 0 Å². The Balaban J connectivity index is 0.885. The number of hydrogen-bond donors (Lipinski definition) is 4. The van der Waals surface area contributed by atoms with E-state index in [2.05, 4.69) is 99.3 Å². The maximum absolute atomic E-state index is 12.7. The van der Waals surface area contributed by atoms with E-state index in [0.29, 0.717) is 30.8 Å². The fraction of sp³-hybridized carbons (Fsp3) is 0.360. The van der Waals surface area contributed by atoms with Gasteiger partial charge in [0.2, 0.25) is 11.8 Å². The molecule has 60 heavy (non-hydrogen) atoms. The summed E-state index contributed by atoms with van der Waals surface area (Å²) in [5.41, 5.74) is 14.6. The lowest BCUT2D eigenvalue weighted by molar-refractivity contribution is -0.253. The second kappa shape index (κ2) is 21.8. The highest BCUT2D eigenvalue weighted by Crippen LogP contribution is 2.39. The molecule has 5 aromatic carbocycles. The number of carbonyl (C=O) groups excluding carboxylic acids is 2. The first-order valence-corrected chi connectivity index (χ1v) is 21.5. The largest absolute Gasteiger partial charge is 0.397 e. The number of aliphatic hydroxyl groups excluding tert-OH is 1. The summed E-state index contributed by atoms with van der Waals surface area (Å²) < 4.78 is 13.4. The van der Waals surface area contributed by atoms with Gasteiger partial charge in [0.25, 0.3) is 0 Å². The van der Waals surface area contributed by atoms with Crippen LogP contribution in [0.2, 0.25) is 0 Å². The molecule has 2 aliphatic heterocycles.